The molecule has 4 nitrogen and oxygen atoms in total. The van der Waals surface area contributed by atoms with Crippen molar-refractivity contribution in [3.63, 3.8) is 0 Å². The van der Waals surface area contributed by atoms with Crippen LogP contribution in [-0.4, -0.2) is 44.5 Å². The number of halogens is 1. The summed E-state index contributed by atoms with van der Waals surface area (Å²) in [5, 5.41) is 0. The van der Waals surface area contributed by atoms with Gasteiger partial charge in [0.05, 0.1) is 11.5 Å². The van der Waals surface area contributed by atoms with Crippen molar-refractivity contribution < 1.29 is 12.8 Å². The maximum atomic E-state index is 13.3. The van der Waals surface area contributed by atoms with Crippen LogP contribution in [0.2, 0.25) is 0 Å². The molecule has 0 radical (unpaired) electrons. The van der Waals surface area contributed by atoms with E-state index in [2.05, 4.69) is 0 Å². The summed E-state index contributed by atoms with van der Waals surface area (Å²) in [5.74, 6) is 0.0843. The maximum absolute atomic E-state index is 13.3. The summed E-state index contributed by atoms with van der Waals surface area (Å²) in [4.78, 5) is 1.96. The number of rotatable bonds is 4. The molecule has 19 heavy (non-hydrogen) atoms. The van der Waals surface area contributed by atoms with Crippen molar-refractivity contribution in [1.29, 1.82) is 0 Å². The Bertz CT molecular complexity index is 547. The first-order valence-electron chi connectivity index (χ1n) is 6.31. The second-order valence-corrected chi connectivity index (χ2v) is 7.26. The molecule has 0 bridgehead atoms. The van der Waals surface area contributed by atoms with E-state index < -0.39 is 9.84 Å². The smallest absolute Gasteiger partial charge is 0.151 e. The van der Waals surface area contributed by atoms with E-state index in [9.17, 15) is 12.8 Å². The molecule has 1 aromatic carbocycles. The van der Waals surface area contributed by atoms with Crippen LogP contribution in [0.3, 0.4) is 0 Å². The fourth-order valence-corrected chi connectivity index (χ4v) is 4.39. The standard InChI is InChI=1S/C13H19FN2O2S/c1-16(12-5-6-19(17,18)9-12)13(8-15)10-3-2-4-11(14)7-10/h2-4,7,12-13H,5-6,8-9,15H2,1H3. The number of hydrogen-bond donors (Lipinski definition) is 1. The Morgan fingerprint density at radius 2 is 2.26 bits per heavy atom. The van der Waals surface area contributed by atoms with Crippen LogP contribution < -0.4 is 5.73 Å². The van der Waals surface area contributed by atoms with Crippen LogP contribution in [0.25, 0.3) is 0 Å². The normalized spacial score (nSPS) is 23.7. The molecule has 1 heterocycles. The van der Waals surface area contributed by atoms with Gasteiger partial charge < -0.3 is 5.73 Å². The molecule has 1 saturated heterocycles. The molecular weight excluding hydrogens is 267 g/mol. The highest BCUT2D eigenvalue weighted by atomic mass is 32.2. The first-order chi connectivity index (χ1) is 8.93. The van der Waals surface area contributed by atoms with E-state index in [4.69, 9.17) is 5.73 Å². The van der Waals surface area contributed by atoms with Crippen LogP contribution in [0.1, 0.15) is 18.0 Å². The third kappa shape index (κ3) is 3.32. The fraction of sp³-hybridized carbons (Fsp3) is 0.538. The van der Waals surface area contributed by atoms with E-state index in [-0.39, 0.29) is 29.4 Å². The van der Waals surface area contributed by atoms with E-state index in [0.29, 0.717) is 13.0 Å². The minimum Gasteiger partial charge on any atom is -0.329 e. The molecule has 1 aliphatic heterocycles. The molecule has 2 atom stereocenters. The summed E-state index contributed by atoms with van der Waals surface area (Å²) in [7, 11) is -1.07. The Labute approximate surface area is 113 Å². The van der Waals surface area contributed by atoms with Gasteiger partial charge in [-0.05, 0) is 31.2 Å². The second kappa shape index (κ2) is 5.56. The van der Waals surface area contributed by atoms with Gasteiger partial charge in [-0.15, -0.1) is 0 Å². The molecule has 1 aromatic rings. The largest absolute Gasteiger partial charge is 0.329 e. The Morgan fingerprint density at radius 1 is 1.53 bits per heavy atom. The fourth-order valence-electron chi connectivity index (χ4n) is 2.60. The third-order valence-electron chi connectivity index (χ3n) is 3.73. The summed E-state index contributed by atoms with van der Waals surface area (Å²) < 4.78 is 36.3. The predicted molar refractivity (Wildman–Crippen MR) is 73.0 cm³/mol. The van der Waals surface area contributed by atoms with Crippen LogP contribution in [0.5, 0.6) is 0 Å². The molecule has 2 rings (SSSR count). The Kier molecular flexibility index (Phi) is 4.23. The Balaban J connectivity index is 2.18. The minimum absolute atomic E-state index is 0.0400. The lowest BCUT2D eigenvalue weighted by Crippen LogP contribution is -2.39. The third-order valence-corrected chi connectivity index (χ3v) is 5.48. The van der Waals surface area contributed by atoms with Crippen LogP contribution in [0, 0.1) is 5.82 Å². The van der Waals surface area contributed by atoms with E-state index in [1.54, 1.807) is 6.07 Å². The molecule has 0 saturated carbocycles. The number of hydrogen-bond acceptors (Lipinski definition) is 4. The van der Waals surface area contributed by atoms with Gasteiger partial charge in [-0.2, -0.15) is 0 Å². The van der Waals surface area contributed by atoms with Gasteiger partial charge in [0.25, 0.3) is 0 Å². The van der Waals surface area contributed by atoms with E-state index in [1.807, 2.05) is 18.0 Å². The molecule has 1 fully saturated rings. The van der Waals surface area contributed by atoms with Gasteiger partial charge in [0.1, 0.15) is 5.82 Å². The van der Waals surface area contributed by atoms with Gasteiger partial charge in [0, 0.05) is 18.6 Å². The highest BCUT2D eigenvalue weighted by Crippen LogP contribution is 2.26. The van der Waals surface area contributed by atoms with Gasteiger partial charge in [0.15, 0.2) is 9.84 Å². The van der Waals surface area contributed by atoms with Crippen molar-refractivity contribution in [2.45, 2.75) is 18.5 Å². The molecule has 0 aromatic heterocycles. The number of likely N-dealkylation sites (N-methyl/N-ethyl adjacent to an activating group) is 1. The molecule has 0 aliphatic carbocycles. The van der Waals surface area contributed by atoms with Crippen molar-refractivity contribution in [3.05, 3.63) is 35.6 Å². The van der Waals surface area contributed by atoms with Crippen LogP contribution in [0.4, 0.5) is 4.39 Å². The van der Waals surface area contributed by atoms with Crippen LogP contribution in [-0.2, 0) is 9.84 Å². The first-order valence-corrected chi connectivity index (χ1v) is 8.13. The predicted octanol–water partition coefficient (Wildman–Crippen LogP) is 0.944. The number of benzene rings is 1. The van der Waals surface area contributed by atoms with Gasteiger partial charge in [-0.25, -0.2) is 12.8 Å². The minimum atomic E-state index is -2.93. The highest BCUT2D eigenvalue weighted by molar-refractivity contribution is 7.91. The molecule has 0 spiro atoms. The molecular formula is C13H19FN2O2S. The quantitative estimate of drug-likeness (QED) is 0.895. The van der Waals surface area contributed by atoms with Gasteiger partial charge in [0.2, 0.25) is 0 Å². The van der Waals surface area contributed by atoms with E-state index >= 15 is 0 Å². The molecule has 1 aliphatic rings. The van der Waals surface area contributed by atoms with Crippen LogP contribution >= 0.6 is 0 Å². The maximum Gasteiger partial charge on any atom is 0.151 e. The van der Waals surface area contributed by atoms with Crippen molar-refractivity contribution in [3.8, 4) is 0 Å². The Morgan fingerprint density at radius 3 is 2.79 bits per heavy atom. The lowest BCUT2D eigenvalue weighted by Gasteiger charge is -2.32. The summed E-state index contributed by atoms with van der Waals surface area (Å²) in [6.07, 6.45) is 0.616. The van der Waals surface area contributed by atoms with Crippen molar-refractivity contribution in [2.24, 2.45) is 5.73 Å². The lowest BCUT2D eigenvalue weighted by atomic mass is 10.0. The van der Waals surface area contributed by atoms with Crippen LogP contribution in [0.15, 0.2) is 24.3 Å². The van der Waals surface area contributed by atoms with Crippen molar-refractivity contribution in [2.75, 3.05) is 25.1 Å². The average molecular weight is 286 g/mol. The SMILES string of the molecule is CN(C1CCS(=O)(=O)C1)C(CN)c1cccc(F)c1. The monoisotopic (exact) mass is 286 g/mol. The highest BCUT2D eigenvalue weighted by Gasteiger charge is 2.33. The summed E-state index contributed by atoms with van der Waals surface area (Å²) in [5.41, 5.74) is 6.56. The number of sulfone groups is 1. The van der Waals surface area contributed by atoms with Gasteiger partial charge in [-0.3, -0.25) is 4.90 Å². The zero-order valence-electron chi connectivity index (χ0n) is 10.9. The van der Waals surface area contributed by atoms with Gasteiger partial charge in [-0.1, -0.05) is 12.1 Å². The second-order valence-electron chi connectivity index (χ2n) is 5.03. The average Bonchev–Trinajstić information content (AvgIpc) is 2.71. The number of nitrogens with two attached hydrogens (primary N) is 1. The lowest BCUT2D eigenvalue weighted by molar-refractivity contribution is 0.192. The topological polar surface area (TPSA) is 63.4 Å². The van der Waals surface area contributed by atoms with Gasteiger partial charge >= 0.3 is 0 Å². The van der Waals surface area contributed by atoms with Crippen molar-refractivity contribution >= 4 is 9.84 Å². The van der Waals surface area contributed by atoms with Crippen molar-refractivity contribution in [1.82, 2.24) is 4.90 Å². The zero-order valence-corrected chi connectivity index (χ0v) is 11.7. The Hall–Kier alpha value is -0.980. The summed E-state index contributed by atoms with van der Waals surface area (Å²) in [6, 6.07) is 6.11. The molecule has 0 amide bonds. The summed E-state index contributed by atoms with van der Waals surface area (Å²) in [6.45, 7) is 0.330. The summed E-state index contributed by atoms with van der Waals surface area (Å²) >= 11 is 0. The molecule has 2 N–H and O–H groups in total. The van der Waals surface area contributed by atoms with E-state index in [0.717, 1.165) is 5.56 Å². The molecule has 2 unspecified atom stereocenters. The molecule has 6 heteroatoms. The van der Waals surface area contributed by atoms with E-state index in [1.165, 1.54) is 12.1 Å². The first kappa shape index (κ1) is 14.4. The molecule has 106 valence electrons. The number of nitrogens with zero attached hydrogens (tertiary/aromatic N) is 1. The zero-order chi connectivity index (χ0) is 14.0.